The van der Waals surface area contributed by atoms with Crippen LogP contribution in [-0.2, 0) is 0 Å². The van der Waals surface area contributed by atoms with E-state index >= 15 is 0 Å². The summed E-state index contributed by atoms with van der Waals surface area (Å²) in [6.07, 6.45) is 1.54. The summed E-state index contributed by atoms with van der Waals surface area (Å²) in [5.41, 5.74) is 1.53. The first-order valence-corrected chi connectivity index (χ1v) is 11.5. The molecule has 0 atom stereocenters. The van der Waals surface area contributed by atoms with Gasteiger partial charge in [0.2, 0.25) is 0 Å². The second-order valence-corrected chi connectivity index (χ2v) is 7.90. The first-order valence-electron chi connectivity index (χ1n) is 11.5. The standard InChI is InChI=1S/C28H26N2O4/c1-5-25-26-6-2-8-28(25)34-20-4-18-32-24-15-11-22(12-16-24)30-29-21-9-13-23(14-10-21)31-17-3-19-33-27(26)7-1/h1-2,5-16H,3-4,17-20H2. The molecule has 0 amide bonds. The van der Waals surface area contributed by atoms with E-state index in [0.717, 1.165) is 58.0 Å². The van der Waals surface area contributed by atoms with Crippen LogP contribution in [0.3, 0.4) is 0 Å². The van der Waals surface area contributed by atoms with Gasteiger partial charge in [0.1, 0.15) is 23.0 Å². The molecular weight excluding hydrogens is 428 g/mol. The maximum absolute atomic E-state index is 6.07. The molecule has 0 aliphatic carbocycles. The van der Waals surface area contributed by atoms with E-state index in [1.165, 1.54) is 0 Å². The van der Waals surface area contributed by atoms with E-state index in [1.54, 1.807) is 0 Å². The van der Waals surface area contributed by atoms with Gasteiger partial charge in [-0.25, -0.2) is 0 Å². The SMILES string of the molecule is c1cc2c3cccc(c3c1)OCCCOc1ccc(cc1)N=Nc1ccc(cc1)OCCCO2. The van der Waals surface area contributed by atoms with Crippen molar-refractivity contribution in [2.45, 2.75) is 12.8 Å². The Balaban J connectivity index is 1.34. The van der Waals surface area contributed by atoms with Crippen molar-refractivity contribution in [3.8, 4) is 23.0 Å². The molecule has 0 fully saturated rings. The number of ether oxygens (including phenoxy) is 4. The Morgan fingerprint density at radius 3 is 1.29 bits per heavy atom. The van der Waals surface area contributed by atoms with Crippen molar-refractivity contribution in [3.05, 3.63) is 84.9 Å². The highest BCUT2D eigenvalue weighted by atomic mass is 16.5. The monoisotopic (exact) mass is 454 g/mol. The largest absolute Gasteiger partial charge is 0.493 e. The molecule has 6 heteroatoms. The Kier molecular flexibility index (Phi) is 6.85. The van der Waals surface area contributed by atoms with E-state index in [2.05, 4.69) is 22.4 Å². The van der Waals surface area contributed by atoms with Gasteiger partial charge in [-0.2, -0.15) is 10.2 Å². The van der Waals surface area contributed by atoms with Crippen LogP contribution in [0.5, 0.6) is 23.0 Å². The van der Waals surface area contributed by atoms with E-state index in [1.807, 2.05) is 72.8 Å². The first-order chi connectivity index (χ1) is 16.8. The van der Waals surface area contributed by atoms with Crippen molar-refractivity contribution < 1.29 is 18.9 Å². The zero-order chi connectivity index (χ0) is 23.0. The molecule has 0 radical (unpaired) electrons. The molecule has 3 aliphatic heterocycles. The van der Waals surface area contributed by atoms with E-state index in [0.29, 0.717) is 26.4 Å². The molecule has 0 spiro atoms. The number of hydrogen-bond acceptors (Lipinski definition) is 6. The maximum Gasteiger partial charge on any atom is 0.127 e. The summed E-state index contributed by atoms with van der Waals surface area (Å²) in [5.74, 6) is 3.28. The Bertz CT molecular complexity index is 1160. The van der Waals surface area contributed by atoms with Crippen molar-refractivity contribution in [2.75, 3.05) is 26.4 Å². The minimum absolute atomic E-state index is 0.562. The fourth-order valence-electron chi connectivity index (χ4n) is 3.70. The second-order valence-electron chi connectivity index (χ2n) is 7.90. The molecule has 0 unspecified atom stereocenters. The Morgan fingerprint density at radius 1 is 0.441 bits per heavy atom. The highest BCUT2D eigenvalue weighted by Crippen LogP contribution is 2.32. The second kappa shape index (κ2) is 10.7. The van der Waals surface area contributed by atoms with Gasteiger partial charge in [0.25, 0.3) is 0 Å². The molecule has 3 heterocycles. The van der Waals surface area contributed by atoms with Crippen LogP contribution in [0.1, 0.15) is 12.8 Å². The van der Waals surface area contributed by atoms with Crippen LogP contribution in [0.2, 0.25) is 0 Å². The van der Waals surface area contributed by atoms with Crippen molar-refractivity contribution in [1.82, 2.24) is 0 Å². The molecule has 6 nitrogen and oxygen atoms in total. The minimum Gasteiger partial charge on any atom is -0.493 e. The van der Waals surface area contributed by atoms with Gasteiger partial charge in [0.15, 0.2) is 0 Å². The van der Waals surface area contributed by atoms with Crippen LogP contribution in [0.4, 0.5) is 11.4 Å². The number of azo groups is 1. The van der Waals surface area contributed by atoms with E-state index in [-0.39, 0.29) is 0 Å². The zero-order valence-corrected chi connectivity index (χ0v) is 18.9. The molecule has 0 aromatic heterocycles. The van der Waals surface area contributed by atoms with E-state index in [4.69, 9.17) is 18.9 Å². The molecule has 7 rings (SSSR count). The predicted molar refractivity (Wildman–Crippen MR) is 132 cm³/mol. The number of hydrogen-bond donors (Lipinski definition) is 0. The molecular formula is C28H26N2O4. The van der Waals surface area contributed by atoms with Crippen LogP contribution in [0, 0.1) is 0 Å². The highest BCUT2D eigenvalue weighted by Gasteiger charge is 2.07. The van der Waals surface area contributed by atoms with E-state index in [9.17, 15) is 0 Å². The molecule has 34 heavy (non-hydrogen) atoms. The number of nitrogens with zero attached hydrogens (tertiary/aromatic N) is 2. The van der Waals surface area contributed by atoms with Crippen molar-refractivity contribution in [2.24, 2.45) is 10.2 Å². The fourth-order valence-corrected chi connectivity index (χ4v) is 3.70. The average molecular weight is 455 g/mol. The molecule has 0 saturated carbocycles. The Morgan fingerprint density at radius 2 is 0.853 bits per heavy atom. The lowest BCUT2D eigenvalue weighted by atomic mass is 10.1. The lowest BCUT2D eigenvalue weighted by Gasteiger charge is -2.13. The van der Waals surface area contributed by atoms with Crippen LogP contribution < -0.4 is 18.9 Å². The third-order valence-corrected chi connectivity index (χ3v) is 5.43. The Hall–Kier alpha value is -4.06. The molecule has 4 aromatic carbocycles. The van der Waals surface area contributed by atoms with E-state index < -0.39 is 0 Å². The summed E-state index contributed by atoms with van der Waals surface area (Å²) in [6, 6.07) is 27.2. The van der Waals surface area contributed by atoms with Crippen molar-refractivity contribution in [3.63, 3.8) is 0 Å². The zero-order valence-electron chi connectivity index (χ0n) is 18.9. The van der Waals surface area contributed by atoms with Gasteiger partial charge in [-0.3, -0.25) is 0 Å². The molecule has 8 bridgehead atoms. The quantitative estimate of drug-likeness (QED) is 0.280. The van der Waals surface area contributed by atoms with Gasteiger partial charge in [-0.1, -0.05) is 24.3 Å². The molecule has 0 saturated heterocycles. The lowest BCUT2D eigenvalue weighted by molar-refractivity contribution is 0.247. The Labute approximate surface area is 198 Å². The van der Waals surface area contributed by atoms with Crippen LogP contribution in [-0.4, -0.2) is 26.4 Å². The van der Waals surface area contributed by atoms with Gasteiger partial charge >= 0.3 is 0 Å². The van der Waals surface area contributed by atoms with Crippen molar-refractivity contribution in [1.29, 1.82) is 0 Å². The molecule has 4 aromatic rings. The highest BCUT2D eigenvalue weighted by molar-refractivity contribution is 5.93. The number of fused-ring (bicyclic) bond motifs is 2. The average Bonchev–Trinajstić information content (AvgIpc) is 2.88. The summed E-state index contributed by atoms with van der Waals surface area (Å²) in [5, 5.41) is 10.7. The molecule has 172 valence electrons. The van der Waals surface area contributed by atoms with Gasteiger partial charge in [0, 0.05) is 23.6 Å². The predicted octanol–water partition coefficient (Wildman–Crippen LogP) is 7.26. The van der Waals surface area contributed by atoms with Gasteiger partial charge in [-0.15, -0.1) is 0 Å². The van der Waals surface area contributed by atoms with Crippen LogP contribution in [0.25, 0.3) is 10.8 Å². The summed E-state index contributed by atoms with van der Waals surface area (Å²) in [7, 11) is 0. The molecule has 3 aliphatic rings. The van der Waals surface area contributed by atoms with Gasteiger partial charge in [0.05, 0.1) is 37.8 Å². The normalized spacial score (nSPS) is 14.6. The number of benzene rings is 4. The van der Waals surface area contributed by atoms with Gasteiger partial charge < -0.3 is 18.9 Å². The lowest BCUT2D eigenvalue weighted by Crippen LogP contribution is -2.06. The third kappa shape index (κ3) is 5.46. The maximum atomic E-state index is 6.07. The molecule has 0 N–H and O–H groups in total. The topological polar surface area (TPSA) is 61.6 Å². The van der Waals surface area contributed by atoms with Crippen LogP contribution in [0.15, 0.2) is 95.2 Å². The number of rotatable bonds is 0. The smallest absolute Gasteiger partial charge is 0.127 e. The summed E-state index contributed by atoms with van der Waals surface area (Å²) in [4.78, 5) is 0. The first kappa shape index (κ1) is 21.8. The fraction of sp³-hybridized carbons (Fsp3) is 0.214. The third-order valence-electron chi connectivity index (χ3n) is 5.43. The summed E-state index contributed by atoms with van der Waals surface area (Å²) < 4.78 is 23.8. The van der Waals surface area contributed by atoms with Gasteiger partial charge in [-0.05, 0) is 60.7 Å². The summed E-state index contributed by atoms with van der Waals surface area (Å²) in [6.45, 7) is 2.25. The van der Waals surface area contributed by atoms with Crippen molar-refractivity contribution >= 4 is 22.1 Å². The minimum atomic E-state index is 0.562. The summed E-state index contributed by atoms with van der Waals surface area (Å²) >= 11 is 0. The van der Waals surface area contributed by atoms with Crippen LogP contribution >= 0.6 is 0 Å².